The van der Waals surface area contributed by atoms with Crippen LogP contribution in [-0.4, -0.2) is 49.3 Å². The van der Waals surface area contributed by atoms with Crippen LogP contribution in [0.15, 0.2) is 5.51 Å². The SMILES string of the molecule is CCCNC1COCC1CN(C)Cc1scnc1C. The lowest BCUT2D eigenvalue weighted by Gasteiger charge is -2.24. The molecule has 1 aliphatic heterocycles. The Morgan fingerprint density at radius 1 is 1.53 bits per heavy atom. The fraction of sp³-hybridized carbons (Fsp3) is 0.786. The fourth-order valence-electron chi connectivity index (χ4n) is 2.52. The van der Waals surface area contributed by atoms with Crippen LogP contribution in [-0.2, 0) is 11.3 Å². The van der Waals surface area contributed by atoms with E-state index in [1.54, 1.807) is 11.3 Å². The summed E-state index contributed by atoms with van der Waals surface area (Å²) in [6.07, 6.45) is 1.18. The Balaban J connectivity index is 1.81. The van der Waals surface area contributed by atoms with Gasteiger partial charge in [-0.15, -0.1) is 11.3 Å². The standard InChI is InChI=1S/C14H25N3OS/c1-4-5-15-13-9-18-8-12(13)6-17(3)7-14-11(2)16-10-19-14/h10,12-13,15H,4-9H2,1-3H3. The third kappa shape index (κ3) is 4.24. The molecule has 0 radical (unpaired) electrons. The molecular weight excluding hydrogens is 258 g/mol. The van der Waals surface area contributed by atoms with Crippen molar-refractivity contribution in [3.05, 3.63) is 16.1 Å². The van der Waals surface area contributed by atoms with Crippen LogP contribution < -0.4 is 5.32 Å². The summed E-state index contributed by atoms with van der Waals surface area (Å²) in [5, 5.41) is 3.60. The van der Waals surface area contributed by atoms with E-state index in [-0.39, 0.29) is 0 Å². The summed E-state index contributed by atoms with van der Waals surface area (Å²) in [5.41, 5.74) is 3.10. The van der Waals surface area contributed by atoms with E-state index in [0.717, 1.165) is 32.8 Å². The van der Waals surface area contributed by atoms with Gasteiger partial charge in [0.05, 0.1) is 24.4 Å². The van der Waals surface area contributed by atoms with Crippen LogP contribution in [0.1, 0.15) is 23.9 Å². The molecular formula is C14H25N3OS. The molecule has 1 aromatic heterocycles. The number of aromatic nitrogens is 1. The van der Waals surface area contributed by atoms with Gasteiger partial charge in [-0.3, -0.25) is 0 Å². The Kier molecular flexibility index (Phi) is 5.76. The lowest BCUT2D eigenvalue weighted by atomic mass is 10.0. The summed E-state index contributed by atoms with van der Waals surface area (Å²) < 4.78 is 5.63. The number of thiazole rings is 1. The van der Waals surface area contributed by atoms with Crippen molar-refractivity contribution < 1.29 is 4.74 Å². The Morgan fingerprint density at radius 3 is 3.05 bits per heavy atom. The average Bonchev–Trinajstić information content (AvgIpc) is 2.97. The highest BCUT2D eigenvalue weighted by Gasteiger charge is 2.28. The topological polar surface area (TPSA) is 37.4 Å². The summed E-state index contributed by atoms with van der Waals surface area (Å²) in [6.45, 7) is 9.19. The summed E-state index contributed by atoms with van der Waals surface area (Å²) in [6, 6.07) is 0.518. The van der Waals surface area contributed by atoms with Gasteiger partial charge in [-0.05, 0) is 26.9 Å². The van der Waals surface area contributed by atoms with Crippen molar-refractivity contribution in [3.8, 4) is 0 Å². The molecule has 108 valence electrons. The molecule has 0 saturated carbocycles. The first kappa shape index (κ1) is 14.9. The predicted octanol–water partition coefficient (Wildman–Crippen LogP) is 1.90. The number of nitrogens with zero attached hydrogens (tertiary/aromatic N) is 2. The van der Waals surface area contributed by atoms with E-state index in [2.05, 4.69) is 36.1 Å². The highest BCUT2D eigenvalue weighted by Crippen LogP contribution is 2.18. The van der Waals surface area contributed by atoms with Gasteiger partial charge in [-0.1, -0.05) is 6.92 Å². The van der Waals surface area contributed by atoms with Crippen molar-refractivity contribution in [2.45, 2.75) is 32.9 Å². The summed E-state index contributed by atoms with van der Waals surface area (Å²) >= 11 is 1.75. The zero-order valence-electron chi connectivity index (χ0n) is 12.2. The van der Waals surface area contributed by atoms with Crippen molar-refractivity contribution >= 4 is 11.3 Å². The van der Waals surface area contributed by atoms with Crippen LogP contribution in [0.3, 0.4) is 0 Å². The van der Waals surface area contributed by atoms with Crippen LogP contribution in [0.5, 0.6) is 0 Å². The van der Waals surface area contributed by atoms with E-state index in [9.17, 15) is 0 Å². The van der Waals surface area contributed by atoms with Crippen LogP contribution in [0.4, 0.5) is 0 Å². The van der Waals surface area contributed by atoms with E-state index >= 15 is 0 Å². The van der Waals surface area contributed by atoms with E-state index < -0.39 is 0 Å². The largest absolute Gasteiger partial charge is 0.379 e. The lowest BCUT2D eigenvalue weighted by Crippen LogP contribution is -2.40. The molecule has 0 amide bonds. The predicted molar refractivity (Wildman–Crippen MR) is 79.6 cm³/mol. The second-order valence-corrected chi connectivity index (χ2v) is 6.36. The first-order valence-corrected chi connectivity index (χ1v) is 7.97. The molecule has 0 bridgehead atoms. The van der Waals surface area contributed by atoms with Gasteiger partial charge in [0.2, 0.25) is 0 Å². The number of hydrogen-bond acceptors (Lipinski definition) is 5. The van der Waals surface area contributed by atoms with Crippen LogP contribution in [0.2, 0.25) is 0 Å². The van der Waals surface area contributed by atoms with Crippen molar-refractivity contribution in [2.75, 3.05) is 33.4 Å². The third-order valence-electron chi connectivity index (χ3n) is 3.66. The van der Waals surface area contributed by atoms with E-state index in [4.69, 9.17) is 4.74 Å². The number of nitrogens with one attached hydrogen (secondary N) is 1. The molecule has 2 unspecified atom stereocenters. The second-order valence-electron chi connectivity index (χ2n) is 5.42. The molecule has 1 aliphatic rings. The lowest BCUT2D eigenvalue weighted by molar-refractivity contribution is 0.172. The van der Waals surface area contributed by atoms with Gasteiger partial charge >= 0.3 is 0 Å². The molecule has 2 rings (SSSR count). The summed E-state index contributed by atoms with van der Waals surface area (Å²) in [5.74, 6) is 0.602. The molecule has 0 spiro atoms. The van der Waals surface area contributed by atoms with Gasteiger partial charge in [-0.2, -0.15) is 0 Å². The molecule has 1 N–H and O–H groups in total. The summed E-state index contributed by atoms with van der Waals surface area (Å²) in [4.78, 5) is 8.08. The fourth-order valence-corrected chi connectivity index (χ4v) is 3.38. The second kappa shape index (κ2) is 7.33. The van der Waals surface area contributed by atoms with E-state index in [1.807, 2.05) is 5.51 Å². The molecule has 4 nitrogen and oxygen atoms in total. The quantitative estimate of drug-likeness (QED) is 0.829. The first-order valence-electron chi connectivity index (χ1n) is 7.09. The number of ether oxygens (including phenoxy) is 1. The van der Waals surface area contributed by atoms with Gasteiger partial charge in [0.25, 0.3) is 0 Å². The smallest absolute Gasteiger partial charge is 0.0798 e. The molecule has 0 aromatic carbocycles. The van der Waals surface area contributed by atoms with E-state index in [0.29, 0.717) is 12.0 Å². The van der Waals surface area contributed by atoms with Gasteiger partial charge in [0, 0.05) is 29.9 Å². The third-order valence-corrected chi connectivity index (χ3v) is 4.58. The average molecular weight is 283 g/mol. The minimum Gasteiger partial charge on any atom is -0.379 e. The molecule has 2 atom stereocenters. The van der Waals surface area contributed by atoms with Gasteiger partial charge in [0.15, 0.2) is 0 Å². The number of hydrogen-bond donors (Lipinski definition) is 1. The van der Waals surface area contributed by atoms with Gasteiger partial charge < -0.3 is 15.0 Å². The molecule has 0 aliphatic carbocycles. The highest BCUT2D eigenvalue weighted by molar-refractivity contribution is 7.09. The molecule has 2 heterocycles. The Morgan fingerprint density at radius 2 is 2.37 bits per heavy atom. The number of aryl methyl sites for hydroxylation is 1. The van der Waals surface area contributed by atoms with Crippen molar-refractivity contribution in [3.63, 3.8) is 0 Å². The Hall–Kier alpha value is -0.490. The molecule has 1 saturated heterocycles. The molecule has 19 heavy (non-hydrogen) atoms. The monoisotopic (exact) mass is 283 g/mol. The minimum absolute atomic E-state index is 0.518. The Labute approximate surface area is 120 Å². The van der Waals surface area contributed by atoms with Gasteiger partial charge in [0.1, 0.15) is 0 Å². The zero-order chi connectivity index (χ0) is 13.7. The first-order chi connectivity index (χ1) is 9.20. The van der Waals surface area contributed by atoms with Crippen molar-refractivity contribution in [1.29, 1.82) is 0 Å². The van der Waals surface area contributed by atoms with E-state index in [1.165, 1.54) is 17.0 Å². The van der Waals surface area contributed by atoms with Crippen molar-refractivity contribution in [2.24, 2.45) is 5.92 Å². The maximum absolute atomic E-state index is 5.63. The summed E-state index contributed by atoms with van der Waals surface area (Å²) in [7, 11) is 2.19. The van der Waals surface area contributed by atoms with Crippen LogP contribution >= 0.6 is 11.3 Å². The highest BCUT2D eigenvalue weighted by atomic mass is 32.1. The van der Waals surface area contributed by atoms with Crippen molar-refractivity contribution in [1.82, 2.24) is 15.2 Å². The maximum Gasteiger partial charge on any atom is 0.0798 e. The molecule has 5 heteroatoms. The van der Waals surface area contributed by atoms with Crippen LogP contribution in [0, 0.1) is 12.8 Å². The Bertz CT molecular complexity index is 383. The molecule has 1 aromatic rings. The van der Waals surface area contributed by atoms with Crippen LogP contribution in [0.25, 0.3) is 0 Å². The zero-order valence-corrected chi connectivity index (χ0v) is 13.0. The van der Waals surface area contributed by atoms with Gasteiger partial charge in [-0.25, -0.2) is 4.98 Å². The number of rotatable bonds is 7. The molecule has 1 fully saturated rings. The minimum atomic E-state index is 0.518. The maximum atomic E-state index is 5.63. The normalized spacial score (nSPS) is 23.4.